The number of hydrogen-bond donors (Lipinski definition) is 5. The van der Waals surface area contributed by atoms with Crippen LogP contribution in [0.3, 0.4) is 0 Å². The molecule has 35 heavy (non-hydrogen) atoms. The first-order valence-electron chi connectivity index (χ1n) is 12.0. The Hall–Kier alpha value is -2.41. The summed E-state index contributed by atoms with van der Waals surface area (Å²) in [6.07, 6.45) is -0.322. The molecule has 0 bridgehead atoms. The lowest BCUT2D eigenvalue weighted by Gasteiger charge is -2.31. The van der Waals surface area contributed by atoms with Crippen molar-refractivity contribution < 1.29 is 20.1 Å². The van der Waals surface area contributed by atoms with Gasteiger partial charge in [-0.15, -0.1) is 11.3 Å². The zero-order valence-electron chi connectivity index (χ0n) is 19.8. The summed E-state index contributed by atoms with van der Waals surface area (Å²) in [5, 5.41) is 38.7. The summed E-state index contributed by atoms with van der Waals surface area (Å²) >= 11 is 1.53. The molecular formula is C24H32N6O4S. The summed E-state index contributed by atoms with van der Waals surface area (Å²) in [5.41, 5.74) is 0.679. The van der Waals surface area contributed by atoms with E-state index in [9.17, 15) is 15.3 Å². The second kappa shape index (κ2) is 10.3. The molecule has 3 aromatic rings. The molecule has 2 aromatic heterocycles. The van der Waals surface area contributed by atoms with Crippen LogP contribution in [0.25, 0.3) is 20.8 Å². The number of ether oxygens (including phenoxy) is 1. The quantitative estimate of drug-likeness (QED) is 0.291. The number of benzene rings is 1. The van der Waals surface area contributed by atoms with Gasteiger partial charge in [0.05, 0.1) is 34.7 Å². The van der Waals surface area contributed by atoms with Gasteiger partial charge in [0, 0.05) is 38.7 Å². The maximum atomic E-state index is 11.3. The molecule has 1 aromatic carbocycles. The molecule has 1 saturated heterocycles. The van der Waals surface area contributed by atoms with E-state index in [4.69, 9.17) is 14.7 Å². The number of aliphatic hydroxyl groups excluding tert-OH is 2. The first kappa shape index (κ1) is 24.3. The van der Waals surface area contributed by atoms with Gasteiger partial charge >= 0.3 is 0 Å². The Kier molecular flexibility index (Phi) is 7.14. The number of nitrogens with one attached hydrogen (secondary N) is 2. The minimum atomic E-state index is -1.61. The minimum Gasteiger partial charge on any atom is -0.396 e. The van der Waals surface area contributed by atoms with E-state index in [1.165, 1.54) is 11.3 Å². The number of fused-ring (bicyclic) bond motifs is 1. The normalized spacial score (nSPS) is 25.3. The molecule has 10 nitrogen and oxygen atoms in total. The average Bonchev–Trinajstić information content (AvgIpc) is 3.40. The molecular weight excluding hydrogens is 468 g/mol. The number of hydrogen-bond acceptors (Lipinski definition) is 11. The van der Waals surface area contributed by atoms with Gasteiger partial charge in [-0.05, 0) is 31.9 Å². The lowest BCUT2D eigenvalue weighted by atomic mass is 10.0. The summed E-state index contributed by atoms with van der Waals surface area (Å²) in [6.45, 7) is 6.52. The molecule has 11 heteroatoms. The molecule has 3 unspecified atom stereocenters. The van der Waals surface area contributed by atoms with Crippen molar-refractivity contribution in [2.24, 2.45) is 5.92 Å². The van der Waals surface area contributed by atoms with Crippen molar-refractivity contribution in [2.45, 2.75) is 31.6 Å². The molecule has 5 N–H and O–H groups in total. The molecule has 3 heterocycles. The Morgan fingerprint density at radius 3 is 2.74 bits per heavy atom. The fourth-order valence-corrected chi connectivity index (χ4v) is 5.83. The van der Waals surface area contributed by atoms with Gasteiger partial charge in [-0.3, -0.25) is 4.90 Å². The first-order valence-corrected chi connectivity index (χ1v) is 12.9. The number of morpholine rings is 1. The molecule has 0 radical (unpaired) electrons. The summed E-state index contributed by atoms with van der Waals surface area (Å²) in [5.74, 6) is 0.455. The van der Waals surface area contributed by atoms with Crippen LogP contribution in [0.1, 0.15) is 18.5 Å². The van der Waals surface area contributed by atoms with Gasteiger partial charge in [-0.25, -0.2) is 9.97 Å². The van der Waals surface area contributed by atoms with E-state index < -0.39 is 17.7 Å². The Balaban J connectivity index is 1.45. The van der Waals surface area contributed by atoms with Gasteiger partial charge in [-0.2, -0.15) is 4.98 Å². The van der Waals surface area contributed by atoms with E-state index in [1.807, 2.05) is 31.2 Å². The smallest absolute Gasteiger partial charge is 0.224 e. The third-order valence-corrected chi connectivity index (χ3v) is 7.87. The van der Waals surface area contributed by atoms with Crippen LogP contribution in [-0.2, 0) is 4.74 Å². The van der Waals surface area contributed by atoms with Gasteiger partial charge in [0.1, 0.15) is 16.9 Å². The standard InChI is InChI=1S/C24H32N6O4S/c1-15-19(22-27-17-4-2-3-5-18(17)35-22)21(29-24(33)7-6-16(14-31)20(24)32)28-23(26-15)25-8-9-30-10-12-34-13-11-30/h2-5,16,20,31-33H,6-14H2,1H3,(H2,25,26,28,29). The van der Waals surface area contributed by atoms with Crippen LogP contribution in [0, 0.1) is 12.8 Å². The highest BCUT2D eigenvalue weighted by Gasteiger charge is 2.47. The van der Waals surface area contributed by atoms with Gasteiger partial charge in [0.2, 0.25) is 5.95 Å². The fraction of sp³-hybridized carbons (Fsp3) is 0.542. The number of aromatic nitrogens is 3. The first-order chi connectivity index (χ1) is 17.0. The number of para-hydroxylation sites is 1. The van der Waals surface area contributed by atoms with Gasteiger partial charge in [0.25, 0.3) is 0 Å². The lowest BCUT2D eigenvalue weighted by molar-refractivity contribution is -0.0545. The Labute approximate surface area is 208 Å². The number of rotatable bonds is 8. The lowest BCUT2D eigenvalue weighted by Crippen LogP contribution is -2.48. The monoisotopic (exact) mass is 500 g/mol. The molecule has 2 aliphatic rings. The summed E-state index contributed by atoms with van der Waals surface area (Å²) in [7, 11) is 0. The SMILES string of the molecule is Cc1nc(NCCN2CCOCC2)nc(NC2(O)CCC(CO)C2O)c1-c1nc2ccccc2s1. The largest absolute Gasteiger partial charge is 0.396 e. The van der Waals surface area contributed by atoms with E-state index in [2.05, 4.69) is 20.5 Å². The predicted molar refractivity (Wildman–Crippen MR) is 136 cm³/mol. The van der Waals surface area contributed by atoms with E-state index in [0.717, 1.165) is 48.1 Å². The highest BCUT2D eigenvalue weighted by atomic mass is 32.1. The third kappa shape index (κ3) is 5.11. The van der Waals surface area contributed by atoms with Crippen molar-refractivity contribution in [3.8, 4) is 10.6 Å². The number of aliphatic hydroxyl groups is 3. The second-order valence-corrected chi connectivity index (χ2v) is 10.2. The summed E-state index contributed by atoms with van der Waals surface area (Å²) < 4.78 is 6.45. The Bertz CT molecular complexity index is 1140. The summed E-state index contributed by atoms with van der Waals surface area (Å²) in [6, 6.07) is 7.89. The predicted octanol–water partition coefficient (Wildman–Crippen LogP) is 1.67. The molecule has 3 atom stereocenters. The number of aryl methyl sites for hydroxylation is 1. The van der Waals surface area contributed by atoms with Crippen molar-refractivity contribution in [3.05, 3.63) is 30.0 Å². The number of anilines is 2. The summed E-state index contributed by atoms with van der Waals surface area (Å²) in [4.78, 5) is 16.5. The van der Waals surface area contributed by atoms with Crippen LogP contribution >= 0.6 is 11.3 Å². The van der Waals surface area contributed by atoms with E-state index >= 15 is 0 Å². The zero-order valence-corrected chi connectivity index (χ0v) is 20.6. The van der Waals surface area contributed by atoms with E-state index in [-0.39, 0.29) is 6.61 Å². The minimum absolute atomic E-state index is 0.187. The average molecular weight is 501 g/mol. The maximum absolute atomic E-state index is 11.3. The molecule has 0 spiro atoms. The molecule has 0 amide bonds. The zero-order chi connectivity index (χ0) is 24.4. The van der Waals surface area contributed by atoms with Crippen molar-refractivity contribution in [1.29, 1.82) is 0 Å². The van der Waals surface area contributed by atoms with Crippen LogP contribution in [0.15, 0.2) is 24.3 Å². The van der Waals surface area contributed by atoms with Gasteiger partial charge < -0.3 is 30.7 Å². The maximum Gasteiger partial charge on any atom is 0.224 e. The highest BCUT2D eigenvalue weighted by molar-refractivity contribution is 7.21. The molecule has 2 fully saturated rings. The van der Waals surface area contributed by atoms with Crippen LogP contribution in [-0.4, -0.2) is 93.0 Å². The van der Waals surface area contributed by atoms with Crippen LogP contribution < -0.4 is 10.6 Å². The number of nitrogens with zero attached hydrogens (tertiary/aromatic N) is 4. The van der Waals surface area contributed by atoms with Crippen molar-refractivity contribution >= 4 is 33.3 Å². The number of thiazole rings is 1. The van der Waals surface area contributed by atoms with Gasteiger partial charge in [-0.1, -0.05) is 12.1 Å². The molecule has 5 rings (SSSR count). The van der Waals surface area contributed by atoms with Crippen LogP contribution in [0.4, 0.5) is 11.8 Å². The van der Waals surface area contributed by atoms with E-state index in [1.54, 1.807) is 0 Å². The second-order valence-electron chi connectivity index (χ2n) is 9.20. The Morgan fingerprint density at radius 2 is 2.00 bits per heavy atom. The van der Waals surface area contributed by atoms with Crippen molar-refractivity contribution in [1.82, 2.24) is 19.9 Å². The van der Waals surface area contributed by atoms with Crippen LogP contribution in [0.5, 0.6) is 0 Å². The molecule has 1 saturated carbocycles. The Morgan fingerprint density at radius 1 is 1.20 bits per heavy atom. The van der Waals surface area contributed by atoms with E-state index in [0.29, 0.717) is 42.4 Å². The van der Waals surface area contributed by atoms with Crippen molar-refractivity contribution in [2.75, 3.05) is 56.6 Å². The van der Waals surface area contributed by atoms with Crippen LogP contribution in [0.2, 0.25) is 0 Å². The molecule has 1 aliphatic carbocycles. The fourth-order valence-electron chi connectivity index (χ4n) is 4.76. The van der Waals surface area contributed by atoms with Crippen molar-refractivity contribution in [3.63, 3.8) is 0 Å². The van der Waals surface area contributed by atoms with Gasteiger partial charge in [0.15, 0.2) is 5.72 Å². The highest BCUT2D eigenvalue weighted by Crippen LogP contribution is 2.40. The molecule has 1 aliphatic heterocycles. The third-order valence-electron chi connectivity index (χ3n) is 6.81. The topological polar surface area (TPSA) is 136 Å². The molecule has 188 valence electrons.